The maximum Gasteiger partial charge on any atom is 0.229 e. The largest absolute Gasteiger partial charge is 0.377 e. The van der Waals surface area contributed by atoms with Crippen molar-refractivity contribution in [2.45, 2.75) is 57.7 Å². The van der Waals surface area contributed by atoms with Crippen LogP contribution < -0.4 is 19.8 Å². The Morgan fingerprint density at radius 3 is 2.75 bits per heavy atom. The number of nitrogens with one attached hydrogen (secondary N) is 3. The van der Waals surface area contributed by atoms with Crippen molar-refractivity contribution in [1.82, 2.24) is 9.97 Å². The van der Waals surface area contributed by atoms with E-state index in [0.717, 1.165) is 53.6 Å². The first-order valence-corrected chi connectivity index (χ1v) is 14.2. The lowest BCUT2D eigenvalue weighted by atomic mass is 9.96. The molecular formula is C26H36N6O3S. The fourth-order valence-electron chi connectivity index (χ4n) is 4.71. The smallest absolute Gasteiger partial charge is 0.229 e. The number of hydrogen-bond donors (Lipinski definition) is 3. The lowest BCUT2D eigenvalue weighted by Gasteiger charge is -2.42. The van der Waals surface area contributed by atoms with Gasteiger partial charge in [0.05, 0.1) is 18.0 Å². The molecule has 1 aliphatic rings. The van der Waals surface area contributed by atoms with E-state index in [1.165, 1.54) is 0 Å². The zero-order valence-corrected chi connectivity index (χ0v) is 22.4. The molecule has 0 amide bonds. The number of rotatable bonds is 9. The summed E-state index contributed by atoms with van der Waals surface area (Å²) >= 11 is 0. The number of nitrogens with zero attached hydrogens (tertiary/aromatic N) is 3. The number of carbonyl (C=O) groups excluding carboxylic acids is 1. The van der Waals surface area contributed by atoms with Crippen LogP contribution in [0.3, 0.4) is 0 Å². The normalized spacial score (nSPS) is 18.8. The van der Waals surface area contributed by atoms with Crippen molar-refractivity contribution >= 4 is 50.2 Å². The van der Waals surface area contributed by atoms with Crippen molar-refractivity contribution in [1.29, 1.82) is 0 Å². The molecule has 1 saturated heterocycles. The van der Waals surface area contributed by atoms with Crippen LogP contribution in [0.5, 0.6) is 0 Å². The molecule has 36 heavy (non-hydrogen) atoms. The first-order valence-electron chi connectivity index (χ1n) is 12.3. The van der Waals surface area contributed by atoms with Crippen molar-refractivity contribution in [2.75, 3.05) is 39.7 Å². The summed E-state index contributed by atoms with van der Waals surface area (Å²) in [5.74, 6) is 1.74. The molecule has 3 aromatic rings. The molecule has 0 spiro atoms. The van der Waals surface area contributed by atoms with Crippen LogP contribution in [-0.2, 0) is 14.8 Å². The highest BCUT2D eigenvalue weighted by atomic mass is 32.2. The summed E-state index contributed by atoms with van der Waals surface area (Å²) < 4.78 is 25.7. The first kappa shape index (κ1) is 25.8. The Kier molecular flexibility index (Phi) is 7.17. The Labute approximate surface area is 213 Å². The van der Waals surface area contributed by atoms with Crippen LogP contribution >= 0.6 is 0 Å². The third-order valence-electron chi connectivity index (χ3n) is 7.02. The third kappa shape index (κ3) is 5.75. The Morgan fingerprint density at radius 2 is 2.06 bits per heavy atom. The Morgan fingerprint density at radius 1 is 1.28 bits per heavy atom. The van der Waals surface area contributed by atoms with Gasteiger partial charge in [-0.05, 0) is 69.5 Å². The summed E-state index contributed by atoms with van der Waals surface area (Å²) in [6.07, 6.45) is 6.46. The maximum absolute atomic E-state index is 12.2. The number of benzene rings is 1. The molecule has 3 N–H and O–H groups in total. The van der Waals surface area contributed by atoms with Crippen LogP contribution in [0, 0.1) is 0 Å². The van der Waals surface area contributed by atoms with E-state index < -0.39 is 10.0 Å². The molecule has 9 nitrogen and oxygen atoms in total. The van der Waals surface area contributed by atoms with Crippen molar-refractivity contribution in [3.05, 3.63) is 42.6 Å². The van der Waals surface area contributed by atoms with E-state index in [-0.39, 0.29) is 17.6 Å². The number of fused-ring (bicyclic) bond motifs is 1. The summed E-state index contributed by atoms with van der Waals surface area (Å²) in [7, 11) is -1.31. The van der Waals surface area contributed by atoms with E-state index in [0.29, 0.717) is 18.7 Å². The number of H-pyrrole nitrogens is 1. The number of aldehydes is 1. The molecule has 1 fully saturated rings. The van der Waals surface area contributed by atoms with Crippen LogP contribution in [0.2, 0.25) is 0 Å². The summed E-state index contributed by atoms with van der Waals surface area (Å²) in [6.45, 7) is 7.20. The van der Waals surface area contributed by atoms with Crippen LogP contribution in [-0.4, -0.2) is 62.1 Å². The molecule has 2 aromatic heterocycles. The standard InChI is InChI=1S/C26H36N6O3S/c1-6-26(2,3)29-23-8-7-12-27-25(23)31(4)20-11-13-32(21(16-20)17-33)24-15-18-14-19(30-36(5,34)35)9-10-22(18)28-24/h7-10,12,14-15,17,20-21,28-30H,6,11,13,16H2,1-5H3. The van der Waals surface area contributed by atoms with E-state index in [1.807, 2.05) is 25.2 Å². The predicted molar refractivity (Wildman–Crippen MR) is 148 cm³/mol. The summed E-state index contributed by atoms with van der Waals surface area (Å²) in [5, 5.41) is 4.50. The molecule has 194 valence electrons. The Balaban J connectivity index is 1.53. The molecule has 0 bridgehead atoms. The number of aromatic nitrogens is 2. The van der Waals surface area contributed by atoms with Crippen LogP contribution in [0.4, 0.5) is 23.0 Å². The molecule has 0 saturated carbocycles. The van der Waals surface area contributed by atoms with Gasteiger partial charge in [-0.2, -0.15) is 0 Å². The molecule has 0 aliphatic carbocycles. The molecular weight excluding hydrogens is 476 g/mol. The van der Waals surface area contributed by atoms with Gasteiger partial charge in [0.1, 0.15) is 12.1 Å². The number of sulfonamides is 1. The van der Waals surface area contributed by atoms with E-state index in [1.54, 1.807) is 18.3 Å². The van der Waals surface area contributed by atoms with Gasteiger partial charge in [0.25, 0.3) is 0 Å². The van der Waals surface area contributed by atoms with E-state index in [2.05, 4.69) is 56.6 Å². The molecule has 2 atom stereocenters. The molecule has 3 heterocycles. The lowest BCUT2D eigenvalue weighted by molar-refractivity contribution is -0.109. The van der Waals surface area contributed by atoms with Crippen molar-refractivity contribution in [3.63, 3.8) is 0 Å². The van der Waals surface area contributed by atoms with Gasteiger partial charge < -0.3 is 24.9 Å². The highest BCUT2D eigenvalue weighted by Gasteiger charge is 2.32. The topological polar surface area (TPSA) is 110 Å². The Bertz CT molecular complexity index is 1340. The molecule has 2 unspecified atom stereocenters. The number of carbonyl (C=O) groups is 1. The number of hydrogen-bond acceptors (Lipinski definition) is 7. The number of anilines is 4. The van der Waals surface area contributed by atoms with Gasteiger partial charge in [-0.3, -0.25) is 4.72 Å². The highest BCUT2D eigenvalue weighted by Crippen LogP contribution is 2.33. The molecule has 0 radical (unpaired) electrons. The number of pyridine rings is 1. The lowest BCUT2D eigenvalue weighted by Crippen LogP contribution is -2.50. The van der Waals surface area contributed by atoms with Gasteiger partial charge in [0, 0.05) is 48.0 Å². The van der Waals surface area contributed by atoms with Crippen LogP contribution in [0.1, 0.15) is 40.0 Å². The number of piperidine rings is 1. The summed E-state index contributed by atoms with van der Waals surface area (Å²) in [4.78, 5) is 24.5. The monoisotopic (exact) mass is 512 g/mol. The average Bonchev–Trinajstić information content (AvgIpc) is 3.25. The van der Waals surface area contributed by atoms with E-state index in [9.17, 15) is 13.2 Å². The minimum absolute atomic E-state index is 0.0559. The molecule has 10 heteroatoms. The van der Waals surface area contributed by atoms with Gasteiger partial charge in [0.2, 0.25) is 10.0 Å². The van der Waals surface area contributed by atoms with E-state index in [4.69, 9.17) is 0 Å². The fourth-order valence-corrected chi connectivity index (χ4v) is 5.26. The Hall–Kier alpha value is -3.27. The van der Waals surface area contributed by atoms with Crippen molar-refractivity contribution in [3.8, 4) is 0 Å². The molecule has 4 rings (SSSR count). The van der Waals surface area contributed by atoms with Gasteiger partial charge in [-0.15, -0.1) is 0 Å². The van der Waals surface area contributed by atoms with Crippen molar-refractivity contribution < 1.29 is 13.2 Å². The van der Waals surface area contributed by atoms with Gasteiger partial charge in [-0.1, -0.05) is 6.92 Å². The second-order valence-corrected chi connectivity index (χ2v) is 12.0. The second-order valence-electron chi connectivity index (χ2n) is 10.3. The predicted octanol–water partition coefficient (Wildman–Crippen LogP) is 4.21. The van der Waals surface area contributed by atoms with Crippen molar-refractivity contribution in [2.24, 2.45) is 0 Å². The van der Waals surface area contributed by atoms with Crippen LogP contribution in [0.25, 0.3) is 10.9 Å². The second kappa shape index (κ2) is 10.0. The fraction of sp³-hybridized carbons (Fsp3) is 0.462. The average molecular weight is 513 g/mol. The van der Waals surface area contributed by atoms with Crippen LogP contribution in [0.15, 0.2) is 42.6 Å². The van der Waals surface area contributed by atoms with Gasteiger partial charge in [0.15, 0.2) is 5.82 Å². The zero-order valence-electron chi connectivity index (χ0n) is 21.6. The van der Waals surface area contributed by atoms with E-state index >= 15 is 0 Å². The summed E-state index contributed by atoms with van der Waals surface area (Å²) in [6, 6.07) is 11.2. The zero-order chi connectivity index (χ0) is 26.1. The maximum atomic E-state index is 12.2. The minimum atomic E-state index is -3.36. The molecule has 1 aromatic carbocycles. The molecule has 1 aliphatic heterocycles. The number of aromatic amines is 1. The van der Waals surface area contributed by atoms with Gasteiger partial charge >= 0.3 is 0 Å². The quantitative estimate of drug-likeness (QED) is 0.368. The highest BCUT2D eigenvalue weighted by molar-refractivity contribution is 7.92. The third-order valence-corrected chi connectivity index (χ3v) is 7.63. The minimum Gasteiger partial charge on any atom is -0.377 e. The SMILES string of the molecule is CCC(C)(C)Nc1cccnc1N(C)C1CCN(c2cc3cc(NS(C)(=O)=O)ccc3[nH]2)C(C=O)C1. The summed E-state index contributed by atoms with van der Waals surface area (Å²) in [5.41, 5.74) is 2.33. The first-order chi connectivity index (χ1) is 17.0. The van der Waals surface area contributed by atoms with Gasteiger partial charge in [-0.25, -0.2) is 13.4 Å².